The molecule has 43 heavy (non-hydrogen) atoms. The topological polar surface area (TPSA) is 101 Å². The third-order valence-corrected chi connectivity index (χ3v) is 8.34. The van der Waals surface area contributed by atoms with Gasteiger partial charge >= 0.3 is 0 Å². The predicted molar refractivity (Wildman–Crippen MR) is 163 cm³/mol. The molecule has 2 heterocycles. The van der Waals surface area contributed by atoms with Crippen LogP contribution in [0.4, 0.5) is 5.69 Å². The summed E-state index contributed by atoms with van der Waals surface area (Å²) in [5.41, 5.74) is 1.51. The number of methoxy groups -OCH3 is 3. The SMILES string of the molecule is COc1ccc(C(=O)N2CCC3(CC2)C(=O)N(CC(=O)NCCc2ccccc2OC)CN3c2ccccc2)c(OC)c1. The monoisotopic (exact) mass is 586 g/mol. The van der Waals surface area contributed by atoms with Crippen molar-refractivity contribution in [3.8, 4) is 17.2 Å². The summed E-state index contributed by atoms with van der Waals surface area (Å²) in [6.07, 6.45) is 1.50. The maximum Gasteiger partial charge on any atom is 0.257 e. The van der Waals surface area contributed by atoms with E-state index in [0.29, 0.717) is 62.6 Å². The number of piperidine rings is 1. The number of para-hydroxylation sites is 2. The first-order chi connectivity index (χ1) is 20.9. The standard InChI is InChI=1S/C33H38N4O6/c1-41-26-13-14-27(29(21-26)43-3)31(39)35-19-16-33(17-20-35)32(40)36(23-37(33)25-10-5-4-6-11-25)22-30(38)34-18-15-24-9-7-8-12-28(24)42-2/h4-14,21H,15-20,22-23H2,1-3H3,(H,34,38). The number of anilines is 1. The second-order valence-electron chi connectivity index (χ2n) is 10.7. The van der Waals surface area contributed by atoms with E-state index in [9.17, 15) is 14.4 Å². The number of carbonyl (C=O) groups excluding carboxylic acids is 3. The van der Waals surface area contributed by atoms with Crippen molar-refractivity contribution in [1.82, 2.24) is 15.1 Å². The van der Waals surface area contributed by atoms with Crippen molar-refractivity contribution >= 4 is 23.4 Å². The summed E-state index contributed by atoms with van der Waals surface area (Å²) >= 11 is 0. The Morgan fingerprint density at radius 2 is 1.56 bits per heavy atom. The molecule has 2 fully saturated rings. The smallest absolute Gasteiger partial charge is 0.257 e. The predicted octanol–water partition coefficient (Wildman–Crippen LogP) is 3.35. The first kappa shape index (κ1) is 29.8. The van der Waals surface area contributed by atoms with Gasteiger partial charge in [0.05, 0.1) is 33.6 Å². The largest absolute Gasteiger partial charge is 0.497 e. The molecule has 0 atom stereocenters. The van der Waals surface area contributed by atoms with E-state index in [1.807, 2.05) is 54.6 Å². The van der Waals surface area contributed by atoms with Gasteiger partial charge in [0, 0.05) is 31.4 Å². The van der Waals surface area contributed by atoms with Gasteiger partial charge in [0.2, 0.25) is 5.91 Å². The summed E-state index contributed by atoms with van der Waals surface area (Å²) in [5, 5.41) is 2.95. The fourth-order valence-corrected chi connectivity index (χ4v) is 6.02. The Kier molecular flexibility index (Phi) is 9.04. The van der Waals surface area contributed by atoms with Crippen molar-refractivity contribution in [1.29, 1.82) is 0 Å². The van der Waals surface area contributed by atoms with Crippen LogP contribution in [0.2, 0.25) is 0 Å². The van der Waals surface area contributed by atoms with Crippen LogP contribution in [0.15, 0.2) is 72.8 Å². The Balaban J connectivity index is 1.27. The molecule has 3 aromatic rings. The highest BCUT2D eigenvalue weighted by atomic mass is 16.5. The van der Waals surface area contributed by atoms with Crippen LogP contribution in [0.5, 0.6) is 17.2 Å². The number of rotatable bonds is 10. The van der Waals surface area contributed by atoms with Crippen molar-refractivity contribution in [3.05, 3.63) is 83.9 Å². The molecule has 0 saturated carbocycles. The number of ether oxygens (including phenoxy) is 3. The number of benzene rings is 3. The lowest BCUT2D eigenvalue weighted by atomic mass is 9.85. The summed E-state index contributed by atoms with van der Waals surface area (Å²) in [7, 11) is 4.71. The van der Waals surface area contributed by atoms with Crippen molar-refractivity contribution in [2.45, 2.75) is 24.8 Å². The number of hydrogen-bond acceptors (Lipinski definition) is 7. The fourth-order valence-electron chi connectivity index (χ4n) is 6.02. The molecule has 2 saturated heterocycles. The second-order valence-corrected chi connectivity index (χ2v) is 10.7. The van der Waals surface area contributed by atoms with E-state index in [4.69, 9.17) is 14.2 Å². The highest BCUT2D eigenvalue weighted by Gasteiger charge is 2.54. The summed E-state index contributed by atoms with van der Waals surface area (Å²) in [6, 6.07) is 22.6. The molecule has 0 unspecified atom stereocenters. The molecule has 2 aliphatic rings. The summed E-state index contributed by atoms with van der Waals surface area (Å²) in [4.78, 5) is 46.0. The summed E-state index contributed by atoms with van der Waals surface area (Å²) in [6.45, 7) is 1.47. The highest BCUT2D eigenvalue weighted by Crippen LogP contribution is 2.40. The lowest BCUT2D eigenvalue weighted by molar-refractivity contribution is -0.137. The molecule has 5 rings (SSSR count). The van der Waals surface area contributed by atoms with Gasteiger partial charge in [-0.1, -0.05) is 36.4 Å². The van der Waals surface area contributed by atoms with Crippen LogP contribution in [0.3, 0.4) is 0 Å². The number of nitrogens with one attached hydrogen (secondary N) is 1. The zero-order valence-electron chi connectivity index (χ0n) is 24.9. The Hall–Kier alpha value is -4.73. The minimum Gasteiger partial charge on any atom is -0.497 e. The minimum atomic E-state index is -0.847. The number of carbonyl (C=O) groups is 3. The lowest BCUT2D eigenvalue weighted by Gasteiger charge is -2.43. The molecular formula is C33H38N4O6. The number of amides is 3. The number of nitrogens with zero attached hydrogens (tertiary/aromatic N) is 3. The van der Waals surface area contributed by atoms with Gasteiger partial charge in [-0.3, -0.25) is 14.4 Å². The van der Waals surface area contributed by atoms with E-state index in [0.717, 1.165) is 17.0 Å². The van der Waals surface area contributed by atoms with Gasteiger partial charge in [0.15, 0.2) is 0 Å². The Morgan fingerprint density at radius 1 is 0.860 bits per heavy atom. The minimum absolute atomic E-state index is 0.0401. The number of likely N-dealkylation sites (tertiary alicyclic amines) is 1. The molecule has 1 spiro atoms. The molecule has 0 aliphatic carbocycles. The molecule has 3 aromatic carbocycles. The first-order valence-electron chi connectivity index (χ1n) is 14.4. The maximum atomic E-state index is 14.0. The van der Waals surface area contributed by atoms with Crippen LogP contribution >= 0.6 is 0 Å². The van der Waals surface area contributed by atoms with Crippen LogP contribution in [0.25, 0.3) is 0 Å². The van der Waals surface area contributed by atoms with Crippen LogP contribution in [-0.4, -0.2) is 87.2 Å². The molecule has 3 amide bonds. The van der Waals surface area contributed by atoms with E-state index < -0.39 is 5.54 Å². The lowest BCUT2D eigenvalue weighted by Crippen LogP contribution is -2.57. The molecular weight excluding hydrogens is 548 g/mol. The van der Waals surface area contributed by atoms with Crippen LogP contribution in [-0.2, 0) is 16.0 Å². The quantitative estimate of drug-likeness (QED) is 0.389. The van der Waals surface area contributed by atoms with Gasteiger partial charge < -0.3 is 34.2 Å². The molecule has 226 valence electrons. The maximum absolute atomic E-state index is 14.0. The number of hydrogen-bond donors (Lipinski definition) is 1. The normalized spacial score (nSPS) is 15.9. The molecule has 1 N–H and O–H groups in total. The molecule has 10 nitrogen and oxygen atoms in total. The van der Waals surface area contributed by atoms with E-state index >= 15 is 0 Å². The Labute approximate surface area is 252 Å². The van der Waals surface area contributed by atoms with Gasteiger partial charge in [-0.25, -0.2) is 0 Å². The van der Waals surface area contributed by atoms with Gasteiger partial charge in [0.1, 0.15) is 29.3 Å². The van der Waals surface area contributed by atoms with Crippen molar-refractivity contribution < 1.29 is 28.6 Å². The summed E-state index contributed by atoms with van der Waals surface area (Å²) < 4.78 is 16.1. The van der Waals surface area contributed by atoms with Crippen LogP contribution < -0.4 is 24.4 Å². The Bertz CT molecular complexity index is 1450. The van der Waals surface area contributed by atoms with E-state index in [1.54, 1.807) is 42.2 Å². The summed E-state index contributed by atoms with van der Waals surface area (Å²) in [5.74, 6) is 1.36. The Morgan fingerprint density at radius 3 is 2.26 bits per heavy atom. The highest BCUT2D eigenvalue weighted by molar-refractivity contribution is 5.99. The average molecular weight is 587 g/mol. The van der Waals surface area contributed by atoms with Crippen molar-refractivity contribution in [3.63, 3.8) is 0 Å². The molecule has 0 radical (unpaired) electrons. The molecule has 0 aromatic heterocycles. The fraction of sp³-hybridized carbons (Fsp3) is 0.364. The zero-order valence-corrected chi connectivity index (χ0v) is 24.9. The van der Waals surface area contributed by atoms with Crippen LogP contribution in [0, 0.1) is 0 Å². The van der Waals surface area contributed by atoms with Gasteiger partial charge in [0.25, 0.3) is 11.8 Å². The van der Waals surface area contributed by atoms with Gasteiger partial charge in [-0.05, 0) is 55.2 Å². The van der Waals surface area contributed by atoms with E-state index in [2.05, 4.69) is 10.2 Å². The van der Waals surface area contributed by atoms with Gasteiger partial charge in [-0.2, -0.15) is 0 Å². The van der Waals surface area contributed by atoms with Crippen molar-refractivity contribution in [2.75, 3.05) is 59.1 Å². The second kappa shape index (κ2) is 13.1. The van der Waals surface area contributed by atoms with E-state index in [-0.39, 0.29) is 24.3 Å². The third-order valence-electron chi connectivity index (χ3n) is 8.34. The first-order valence-corrected chi connectivity index (χ1v) is 14.4. The zero-order chi connectivity index (χ0) is 30.4. The average Bonchev–Trinajstić information content (AvgIpc) is 3.31. The van der Waals surface area contributed by atoms with Gasteiger partial charge in [-0.15, -0.1) is 0 Å². The van der Waals surface area contributed by atoms with Crippen LogP contribution in [0.1, 0.15) is 28.8 Å². The van der Waals surface area contributed by atoms with E-state index in [1.165, 1.54) is 7.11 Å². The molecule has 0 bridgehead atoms. The molecule has 2 aliphatic heterocycles. The van der Waals surface area contributed by atoms with Crippen molar-refractivity contribution in [2.24, 2.45) is 0 Å². The third kappa shape index (κ3) is 6.09. The molecule has 10 heteroatoms.